The van der Waals surface area contributed by atoms with Crippen LogP contribution in [0.4, 0.5) is 4.79 Å². The van der Waals surface area contributed by atoms with E-state index in [1.54, 1.807) is 0 Å². The zero-order valence-corrected chi connectivity index (χ0v) is 10.3. The number of amides is 2. The van der Waals surface area contributed by atoms with Crippen LogP contribution in [0.2, 0.25) is 0 Å². The Bertz CT molecular complexity index is 436. The molecule has 3 N–H and O–H groups in total. The van der Waals surface area contributed by atoms with Crippen LogP contribution < -0.4 is 11.1 Å². The molecule has 0 fully saturated rings. The van der Waals surface area contributed by atoms with Gasteiger partial charge >= 0.3 is 6.03 Å². The molecule has 1 unspecified atom stereocenters. The van der Waals surface area contributed by atoms with Crippen molar-refractivity contribution in [3.8, 4) is 0 Å². The molecule has 0 aliphatic rings. The van der Waals surface area contributed by atoms with E-state index in [-0.39, 0.29) is 6.04 Å². The van der Waals surface area contributed by atoms with Gasteiger partial charge in [-0.05, 0) is 23.1 Å². The predicted molar refractivity (Wildman–Crippen MR) is 69.7 cm³/mol. The highest BCUT2D eigenvalue weighted by Gasteiger charge is 2.11. The van der Waals surface area contributed by atoms with Crippen molar-refractivity contribution in [3.63, 3.8) is 0 Å². The minimum atomic E-state index is -0.522. The summed E-state index contributed by atoms with van der Waals surface area (Å²) in [6, 6.07) is 7.01. The number of hydrogen-bond donors (Lipinski definition) is 2. The lowest BCUT2D eigenvalue weighted by molar-refractivity contribution is 0.244. The third-order valence-electron chi connectivity index (χ3n) is 2.59. The van der Waals surface area contributed by atoms with Gasteiger partial charge < -0.3 is 11.1 Å². The SMILES string of the molecule is CCCC(NC(N)=O)c1ccc(CN=[N+]=[N-])cc1. The van der Waals surface area contributed by atoms with Crippen LogP contribution in [-0.4, -0.2) is 6.03 Å². The number of carbonyl (C=O) groups is 1. The normalized spacial score (nSPS) is 11.4. The van der Waals surface area contributed by atoms with Crippen molar-refractivity contribution in [1.29, 1.82) is 0 Å². The van der Waals surface area contributed by atoms with Gasteiger partial charge in [-0.15, -0.1) is 0 Å². The highest BCUT2D eigenvalue weighted by molar-refractivity contribution is 5.72. The molecule has 1 rings (SSSR count). The van der Waals surface area contributed by atoms with Crippen molar-refractivity contribution < 1.29 is 4.79 Å². The van der Waals surface area contributed by atoms with E-state index in [0.717, 1.165) is 24.0 Å². The number of urea groups is 1. The summed E-state index contributed by atoms with van der Waals surface area (Å²) >= 11 is 0. The first kappa shape index (κ1) is 13.9. The number of nitrogens with two attached hydrogens (primary N) is 1. The number of carbonyl (C=O) groups excluding carboxylic acids is 1. The van der Waals surface area contributed by atoms with Crippen LogP contribution >= 0.6 is 0 Å². The molecule has 18 heavy (non-hydrogen) atoms. The molecule has 1 aromatic rings. The Hall–Kier alpha value is -2.20. The van der Waals surface area contributed by atoms with Gasteiger partial charge in [-0.2, -0.15) is 0 Å². The topological polar surface area (TPSA) is 104 Å². The molecule has 96 valence electrons. The van der Waals surface area contributed by atoms with E-state index in [0.29, 0.717) is 6.54 Å². The molecule has 0 radical (unpaired) electrons. The second kappa shape index (κ2) is 7.19. The van der Waals surface area contributed by atoms with Gasteiger partial charge in [0.1, 0.15) is 0 Å². The number of primary amides is 1. The van der Waals surface area contributed by atoms with Crippen LogP contribution in [0.3, 0.4) is 0 Å². The molecule has 0 aliphatic carbocycles. The summed E-state index contributed by atoms with van der Waals surface area (Å²) in [7, 11) is 0. The molecule has 1 atom stereocenters. The summed E-state index contributed by atoms with van der Waals surface area (Å²) < 4.78 is 0. The van der Waals surface area contributed by atoms with E-state index >= 15 is 0 Å². The summed E-state index contributed by atoms with van der Waals surface area (Å²) in [6.07, 6.45) is 1.78. The lowest BCUT2D eigenvalue weighted by Crippen LogP contribution is -2.33. The summed E-state index contributed by atoms with van der Waals surface area (Å²) in [5.41, 5.74) is 15.3. The van der Waals surface area contributed by atoms with Crippen molar-refractivity contribution in [1.82, 2.24) is 5.32 Å². The molecule has 6 nitrogen and oxygen atoms in total. The van der Waals surface area contributed by atoms with Gasteiger partial charge in [0, 0.05) is 4.91 Å². The van der Waals surface area contributed by atoms with Gasteiger partial charge in [-0.25, -0.2) is 4.79 Å². The molecule has 0 aliphatic heterocycles. The van der Waals surface area contributed by atoms with Crippen LogP contribution in [0, 0.1) is 0 Å². The first-order valence-electron chi connectivity index (χ1n) is 5.83. The fourth-order valence-electron chi connectivity index (χ4n) is 1.75. The first-order valence-corrected chi connectivity index (χ1v) is 5.83. The van der Waals surface area contributed by atoms with Gasteiger partial charge in [0.15, 0.2) is 0 Å². The molecule has 6 heteroatoms. The number of azide groups is 1. The maximum Gasteiger partial charge on any atom is 0.312 e. The average Bonchev–Trinajstić information content (AvgIpc) is 2.36. The molecule has 2 amide bonds. The molecular weight excluding hydrogens is 230 g/mol. The molecule has 0 bridgehead atoms. The van der Waals surface area contributed by atoms with E-state index in [2.05, 4.69) is 15.3 Å². The van der Waals surface area contributed by atoms with Crippen molar-refractivity contribution in [3.05, 3.63) is 45.8 Å². The van der Waals surface area contributed by atoms with Gasteiger partial charge in [-0.1, -0.05) is 42.7 Å². The Kier molecular flexibility index (Phi) is 5.54. The number of hydrogen-bond acceptors (Lipinski definition) is 2. The maximum absolute atomic E-state index is 10.9. The number of rotatable bonds is 6. The van der Waals surface area contributed by atoms with Gasteiger partial charge in [0.25, 0.3) is 0 Å². The molecule has 0 spiro atoms. The van der Waals surface area contributed by atoms with E-state index in [4.69, 9.17) is 11.3 Å². The van der Waals surface area contributed by atoms with Crippen LogP contribution in [-0.2, 0) is 6.54 Å². The van der Waals surface area contributed by atoms with Gasteiger partial charge in [0.05, 0.1) is 12.6 Å². The number of nitrogens with zero attached hydrogens (tertiary/aromatic N) is 3. The van der Waals surface area contributed by atoms with E-state index in [1.165, 1.54) is 0 Å². The highest BCUT2D eigenvalue weighted by Crippen LogP contribution is 2.19. The second-order valence-corrected chi connectivity index (χ2v) is 3.98. The second-order valence-electron chi connectivity index (χ2n) is 3.98. The Morgan fingerprint density at radius 1 is 1.50 bits per heavy atom. The lowest BCUT2D eigenvalue weighted by Gasteiger charge is -2.17. The third kappa shape index (κ3) is 4.35. The number of nitrogens with one attached hydrogen (secondary N) is 1. The minimum Gasteiger partial charge on any atom is -0.352 e. The van der Waals surface area contributed by atoms with E-state index in [1.807, 2.05) is 31.2 Å². The highest BCUT2D eigenvalue weighted by atomic mass is 16.2. The molecular formula is C12H17N5O. The molecule has 0 saturated heterocycles. The summed E-state index contributed by atoms with van der Waals surface area (Å²) in [5.74, 6) is 0. The molecule has 0 aromatic heterocycles. The zero-order chi connectivity index (χ0) is 13.4. The average molecular weight is 247 g/mol. The van der Waals surface area contributed by atoms with Gasteiger partial charge in [0.2, 0.25) is 0 Å². The summed E-state index contributed by atoms with van der Waals surface area (Å²) in [5, 5.41) is 6.21. The summed E-state index contributed by atoms with van der Waals surface area (Å²) in [4.78, 5) is 13.6. The molecule has 1 aromatic carbocycles. The van der Waals surface area contributed by atoms with Crippen LogP contribution in [0.5, 0.6) is 0 Å². The van der Waals surface area contributed by atoms with E-state index < -0.39 is 6.03 Å². The fourth-order valence-corrected chi connectivity index (χ4v) is 1.75. The maximum atomic E-state index is 10.9. The van der Waals surface area contributed by atoms with Crippen LogP contribution in [0.25, 0.3) is 10.4 Å². The molecule has 0 saturated carbocycles. The smallest absolute Gasteiger partial charge is 0.312 e. The third-order valence-corrected chi connectivity index (χ3v) is 2.59. The summed E-state index contributed by atoms with van der Waals surface area (Å²) in [6.45, 7) is 2.38. The standard InChI is InChI=1S/C12H17N5O/c1-2-3-11(16-12(13)18)10-6-4-9(5-7-10)8-15-17-14/h4-7,11H,2-3,8H2,1H3,(H3,13,16,18). The van der Waals surface area contributed by atoms with Crippen molar-refractivity contribution in [2.24, 2.45) is 10.8 Å². The fraction of sp³-hybridized carbons (Fsp3) is 0.417. The predicted octanol–water partition coefficient (Wildman–Crippen LogP) is 3.01. The Morgan fingerprint density at radius 2 is 2.17 bits per heavy atom. The van der Waals surface area contributed by atoms with Crippen molar-refractivity contribution >= 4 is 6.03 Å². The first-order chi connectivity index (χ1) is 8.67. The Balaban J connectivity index is 2.78. The monoisotopic (exact) mass is 247 g/mol. The zero-order valence-electron chi connectivity index (χ0n) is 10.3. The quantitative estimate of drug-likeness (QED) is 0.450. The van der Waals surface area contributed by atoms with Crippen molar-refractivity contribution in [2.45, 2.75) is 32.4 Å². The number of benzene rings is 1. The lowest BCUT2D eigenvalue weighted by atomic mass is 10.0. The van der Waals surface area contributed by atoms with Crippen LogP contribution in [0.1, 0.15) is 36.9 Å². The minimum absolute atomic E-state index is 0.0685. The Morgan fingerprint density at radius 3 is 2.67 bits per heavy atom. The van der Waals surface area contributed by atoms with Crippen LogP contribution in [0.15, 0.2) is 29.4 Å². The van der Waals surface area contributed by atoms with Gasteiger partial charge in [-0.3, -0.25) is 0 Å². The Labute approximate surface area is 106 Å². The van der Waals surface area contributed by atoms with Crippen molar-refractivity contribution in [2.75, 3.05) is 0 Å². The molecule has 0 heterocycles. The largest absolute Gasteiger partial charge is 0.352 e. The van der Waals surface area contributed by atoms with E-state index in [9.17, 15) is 4.79 Å².